The SMILES string of the molecule is NCCc1cnnn1-c1cccc(C(F)(F)F)c1. The minimum absolute atomic E-state index is 0.325. The highest BCUT2D eigenvalue weighted by Crippen LogP contribution is 2.30. The first-order valence-corrected chi connectivity index (χ1v) is 5.29. The average Bonchev–Trinajstić information content (AvgIpc) is 2.77. The topological polar surface area (TPSA) is 56.7 Å². The van der Waals surface area contributed by atoms with E-state index in [9.17, 15) is 13.2 Å². The van der Waals surface area contributed by atoms with Crippen LogP contribution in [0.25, 0.3) is 5.69 Å². The predicted molar refractivity (Wildman–Crippen MR) is 59.1 cm³/mol. The van der Waals surface area contributed by atoms with Crippen molar-refractivity contribution in [2.75, 3.05) is 6.54 Å². The fourth-order valence-corrected chi connectivity index (χ4v) is 1.61. The van der Waals surface area contributed by atoms with E-state index >= 15 is 0 Å². The van der Waals surface area contributed by atoms with Gasteiger partial charge in [0.15, 0.2) is 0 Å². The molecule has 0 amide bonds. The second-order valence-corrected chi connectivity index (χ2v) is 3.72. The highest BCUT2D eigenvalue weighted by atomic mass is 19.4. The molecule has 2 N–H and O–H groups in total. The minimum Gasteiger partial charge on any atom is -0.330 e. The van der Waals surface area contributed by atoms with Crippen LogP contribution in [0.1, 0.15) is 11.3 Å². The lowest BCUT2D eigenvalue weighted by Gasteiger charge is -2.09. The maximum atomic E-state index is 12.6. The van der Waals surface area contributed by atoms with Gasteiger partial charge in [-0.25, -0.2) is 4.68 Å². The predicted octanol–water partition coefficient (Wildman–Crippen LogP) is 1.79. The number of nitrogens with zero attached hydrogens (tertiary/aromatic N) is 3. The van der Waals surface area contributed by atoms with Crippen molar-refractivity contribution in [2.24, 2.45) is 5.73 Å². The molecule has 1 aromatic heterocycles. The van der Waals surface area contributed by atoms with Crippen LogP contribution in [0.4, 0.5) is 13.2 Å². The molecule has 0 fully saturated rings. The van der Waals surface area contributed by atoms with E-state index in [1.165, 1.54) is 16.9 Å². The van der Waals surface area contributed by atoms with Crippen LogP contribution in [0.5, 0.6) is 0 Å². The lowest BCUT2D eigenvalue weighted by atomic mass is 10.2. The van der Waals surface area contributed by atoms with Gasteiger partial charge in [-0.1, -0.05) is 11.3 Å². The van der Waals surface area contributed by atoms with Gasteiger partial charge in [0.05, 0.1) is 23.1 Å². The summed E-state index contributed by atoms with van der Waals surface area (Å²) >= 11 is 0. The zero-order valence-electron chi connectivity index (χ0n) is 9.35. The van der Waals surface area contributed by atoms with E-state index in [0.29, 0.717) is 24.3 Å². The van der Waals surface area contributed by atoms with Gasteiger partial charge in [0.25, 0.3) is 0 Å². The standard InChI is InChI=1S/C11H11F3N4/c12-11(13,14)8-2-1-3-9(6-8)18-10(4-5-15)7-16-17-18/h1-3,6-7H,4-5,15H2. The molecule has 0 saturated carbocycles. The Hall–Kier alpha value is -1.89. The van der Waals surface area contributed by atoms with Crippen LogP contribution in [0.3, 0.4) is 0 Å². The molecular weight excluding hydrogens is 245 g/mol. The first-order chi connectivity index (χ1) is 8.52. The number of rotatable bonds is 3. The van der Waals surface area contributed by atoms with Crippen molar-refractivity contribution in [3.63, 3.8) is 0 Å². The average molecular weight is 256 g/mol. The largest absolute Gasteiger partial charge is 0.416 e. The third kappa shape index (κ3) is 2.51. The first-order valence-electron chi connectivity index (χ1n) is 5.29. The third-order valence-electron chi connectivity index (χ3n) is 2.44. The van der Waals surface area contributed by atoms with Gasteiger partial charge in [0, 0.05) is 6.42 Å². The fraction of sp³-hybridized carbons (Fsp3) is 0.273. The summed E-state index contributed by atoms with van der Waals surface area (Å²) < 4.78 is 39.1. The van der Waals surface area contributed by atoms with E-state index in [1.807, 2.05) is 0 Å². The summed E-state index contributed by atoms with van der Waals surface area (Å²) in [5.74, 6) is 0. The summed E-state index contributed by atoms with van der Waals surface area (Å²) in [5.41, 5.74) is 5.71. The molecular formula is C11H11F3N4. The third-order valence-corrected chi connectivity index (χ3v) is 2.44. The summed E-state index contributed by atoms with van der Waals surface area (Å²) in [4.78, 5) is 0. The second-order valence-electron chi connectivity index (χ2n) is 3.72. The van der Waals surface area contributed by atoms with Crippen LogP contribution < -0.4 is 5.73 Å². The number of benzene rings is 1. The normalized spacial score (nSPS) is 11.8. The van der Waals surface area contributed by atoms with Crippen molar-refractivity contribution >= 4 is 0 Å². The van der Waals surface area contributed by atoms with Gasteiger partial charge >= 0.3 is 6.18 Å². The van der Waals surface area contributed by atoms with Gasteiger partial charge in [-0.3, -0.25) is 0 Å². The summed E-state index contributed by atoms with van der Waals surface area (Å²) in [6.45, 7) is 0.381. The van der Waals surface area contributed by atoms with E-state index in [2.05, 4.69) is 10.3 Å². The Morgan fingerprint density at radius 3 is 2.72 bits per heavy atom. The molecule has 0 spiro atoms. The number of nitrogens with two attached hydrogens (primary N) is 1. The van der Waals surface area contributed by atoms with Crippen molar-refractivity contribution in [3.05, 3.63) is 41.7 Å². The van der Waals surface area contributed by atoms with Gasteiger partial charge in [-0.2, -0.15) is 13.2 Å². The molecule has 0 aliphatic carbocycles. The quantitative estimate of drug-likeness (QED) is 0.910. The van der Waals surface area contributed by atoms with Crippen molar-refractivity contribution in [1.29, 1.82) is 0 Å². The Kier molecular flexibility index (Phi) is 3.33. The molecule has 0 radical (unpaired) electrons. The van der Waals surface area contributed by atoms with Crippen molar-refractivity contribution in [2.45, 2.75) is 12.6 Å². The summed E-state index contributed by atoms with van der Waals surface area (Å²) in [6, 6.07) is 4.94. The zero-order chi connectivity index (χ0) is 13.2. The molecule has 0 unspecified atom stereocenters. The zero-order valence-corrected chi connectivity index (χ0v) is 9.35. The molecule has 2 aromatic rings. The Morgan fingerprint density at radius 2 is 2.06 bits per heavy atom. The van der Waals surface area contributed by atoms with Gasteiger partial charge in [-0.05, 0) is 24.7 Å². The highest BCUT2D eigenvalue weighted by Gasteiger charge is 2.30. The highest BCUT2D eigenvalue weighted by molar-refractivity contribution is 5.37. The molecule has 18 heavy (non-hydrogen) atoms. The molecule has 0 saturated heterocycles. The van der Waals surface area contributed by atoms with Gasteiger partial charge < -0.3 is 5.73 Å². The molecule has 2 rings (SSSR count). The van der Waals surface area contributed by atoms with Crippen molar-refractivity contribution in [3.8, 4) is 5.69 Å². The van der Waals surface area contributed by atoms with E-state index in [0.717, 1.165) is 12.1 Å². The van der Waals surface area contributed by atoms with Crippen LogP contribution in [-0.4, -0.2) is 21.5 Å². The van der Waals surface area contributed by atoms with E-state index in [1.54, 1.807) is 6.07 Å². The first kappa shape index (κ1) is 12.6. The van der Waals surface area contributed by atoms with Crippen LogP contribution in [0.2, 0.25) is 0 Å². The molecule has 0 atom stereocenters. The minimum atomic E-state index is -4.37. The van der Waals surface area contributed by atoms with Crippen molar-refractivity contribution in [1.82, 2.24) is 15.0 Å². The molecule has 0 bridgehead atoms. The molecule has 4 nitrogen and oxygen atoms in total. The lowest BCUT2D eigenvalue weighted by Crippen LogP contribution is -2.10. The smallest absolute Gasteiger partial charge is 0.330 e. The van der Waals surface area contributed by atoms with Crippen LogP contribution in [-0.2, 0) is 12.6 Å². The summed E-state index contributed by atoms with van der Waals surface area (Å²) in [6.07, 6.45) is -2.37. The second kappa shape index (κ2) is 4.77. The van der Waals surface area contributed by atoms with Gasteiger partial charge in [0.1, 0.15) is 0 Å². The number of hydrogen-bond donors (Lipinski definition) is 1. The number of hydrogen-bond acceptors (Lipinski definition) is 3. The Morgan fingerprint density at radius 1 is 1.28 bits per heavy atom. The number of alkyl halides is 3. The van der Waals surface area contributed by atoms with Gasteiger partial charge in [-0.15, -0.1) is 5.10 Å². The number of halogens is 3. The maximum Gasteiger partial charge on any atom is 0.416 e. The number of aromatic nitrogens is 3. The summed E-state index contributed by atoms with van der Waals surface area (Å²) in [7, 11) is 0. The van der Waals surface area contributed by atoms with Crippen molar-refractivity contribution < 1.29 is 13.2 Å². The van der Waals surface area contributed by atoms with Crippen LogP contribution >= 0.6 is 0 Å². The lowest BCUT2D eigenvalue weighted by molar-refractivity contribution is -0.137. The Labute approximate surface area is 101 Å². The van der Waals surface area contributed by atoms with E-state index < -0.39 is 11.7 Å². The Balaban J connectivity index is 2.42. The molecule has 0 aliphatic heterocycles. The molecule has 0 aliphatic rings. The van der Waals surface area contributed by atoms with E-state index in [4.69, 9.17) is 5.73 Å². The van der Waals surface area contributed by atoms with E-state index in [-0.39, 0.29) is 0 Å². The Bertz CT molecular complexity index is 533. The molecule has 7 heteroatoms. The molecule has 96 valence electrons. The van der Waals surface area contributed by atoms with Crippen LogP contribution in [0, 0.1) is 0 Å². The van der Waals surface area contributed by atoms with Gasteiger partial charge in [0.2, 0.25) is 0 Å². The molecule has 1 aromatic carbocycles. The maximum absolute atomic E-state index is 12.6. The monoisotopic (exact) mass is 256 g/mol. The summed E-state index contributed by atoms with van der Waals surface area (Å²) in [5, 5.41) is 7.46. The molecule has 1 heterocycles. The van der Waals surface area contributed by atoms with Crippen LogP contribution in [0.15, 0.2) is 30.5 Å². The fourth-order valence-electron chi connectivity index (χ4n) is 1.61.